The minimum absolute atomic E-state index is 0.137. The first-order valence-electron chi connectivity index (χ1n) is 9.59. The number of rotatable bonds is 8. The maximum Gasteiger partial charge on any atom is 0.306 e. The second-order valence-corrected chi connectivity index (χ2v) is 7.77. The Labute approximate surface area is 159 Å². The fraction of sp³-hybridized carbons (Fsp3) is 0.619. The van der Waals surface area contributed by atoms with Crippen LogP contribution in [0.3, 0.4) is 0 Å². The summed E-state index contributed by atoms with van der Waals surface area (Å²) < 4.78 is 11.2. The van der Waals surface area contributed by atoms with E-state index in [1.807, 2.05) is 18.2 Å². The molecule has 2 atom stereocenters. The molecule has 0 aromatic heterocycles. The zero-order chi connectivity index (χ0) is 19.4. The van der Waals surface area contributed by atoms with Crippen LogP contribution in [0.15, 0.2) is 18.2 Å². The van der Waals surface area contributed by atoms with Gasteiger partial charge in [0.1, 0.15) is 0 Å². The minimum atomic E-state index is -0.713. The molecule has 2 unspecified atom stereocenters. The van der Waals surface area contributed by atoms with Crippen LogP contribution in [-0.4, -0.2) is 36.5 Å². The maximum absolute atomic E-state index is 11.3. The molecule has 0 aliphatic heterocycles. The highest BCUT2D eigenvalue weighted by Crippen LogP contribution is 2.56. The standard InChI is InChI=1S/C21H27NO5/c1-26-18-5-4-17(10-19(18)27-7-3-2-6-23)21(13-22)11-15-8-14(20(24)25)9-16(15)12-21/h4-5,10,14-16,23H,2-3,6-9,11-12H2,1H3,(H,24,25). The summed E-state index contributed by atoms with van der Waals surface area (Å²) in [6.45, 7) is 0.615. The number of carboxylic acids is 1. The van der Waals surface area contributed by atoms with Gasteiger partial charge in [0.15, 0.2) is 11.5 Å². The number of hydrogen-bond acceptors (Lipinski definition) is 5. The number of hydrogen-bond donors (Lipinski definition) is 2. The summed E-state index contributed by atoms with van der Waals surface area (Å²) in [7, 11) is 1.58. The van der Waals surface area contributed by atoms with Crippen LogP contribution in [0.4, 0.5) is 0 Å². The van der Waals surface area contributed by atoms with Crippen LogP contribution in [0.1, 0.15) is 44.1 Å². The number of carboxylic acid groups (broad SMARTS) is 1. The first-order chi connectivity index (χ1) is 13.0. The van der Waals surface area contributed by atoms with E-state index in [1.54, 1.807) is 7.11 Å². The normalized spacial score (nSPS) is 29.1. The highest BCUT2D eigenvalue weighted by atomic mass is 16.5. The van der Waals surface area contributed by atoms with Gasteiger partial charge in [-0.25, -0.2) is 0 Å². The molecule has 1 aromatic carbocycles. The molecule has 6 nitrogen and oxygen atoms in total. The summed E-state index contributed by atoms with van der Waals surface area (Å²) >= 11 is 0. The van der Waals surface area contributed by atoms with Crippen LogP contribution in [0.2, 0.25) is 0 Å². The predicted octanol–water partition coefficient (Wildman–Crippen LogP) is 3.13. The lowest BCUT2D eigenvalue weighted by Gasteiger charge is -2.24. The fourth-order valence-corrected chi connectivity index (χ4v) is 4.77. The number of fused-ring (bicyclic) bond motifs is 1. The van der Waals surface area contributed by atoms with E-state index in [0.717, 1.165) is 12.0 Å². The lowest BCUT2D eigenvalue weighted by Crippen LogP contribution is -2.23. The van der Waals surface area contributed by atoms with Crippen molar-refractivity contribution >= 4 is 5.97 Å². The summed E-state index contributed by atoms with van der Waals surface area (Å²) in [4.78, 5) is 11.3. The van der Waals surface area contributed by atoms with Gasteiger partial charge in [-0.3, -0.25) is 4.79 Å². The van der Waals surface area contributed by atoms with Crippen LogP contribution in [-0.2, 0) is 10.2 Å². The van der Waals surface area contributed by atoms with Crippen molar-refractivity contribution < 1.29 is 24.5 Å². The Morgan fingerprint density at radius 3 is 2.52 bits per heavy atom. The van der Waals surface area contributed by atoms with E-state index in [1.165, 1.54) is 0 Å². The molecule has 6 heteroatoms. The summed E-state index contributed by atoms with van der Waals surface area (Å²) in [6, 6.07) is 8.20. The second kappa shape index (κ2) is 8.18. The third-order valence-corrected chi connectivity index (χ3v) is 6.15. The molecule has 2 aliphatic rings. The SMILES string of the molecule is COc1ccc(C2(C#N)CC3CC(C(=O)O)CC3C2)cc1OCCCCO. The molecule has 2 saturated carbocycles. The van der Waals surface area contributed by atoms with Crippen molar-refractivity contribution in [3.8, 4) is 17.6 Å². The van der Waals surface area contributed by atoms with Gasteiger partial charge in [-0.05, 0) is 68.1 Å². The Morgan fingerprint density at radius 2 is 1.96 bits per heavy atom. The maximum atomic E-state index is 11.3. The van der Waals surface area contributed by atoms with Crippen molar-refractivity contribution in [2.45, 2.75) is 43.9 Å². The van der Waals surface area contributed by atoms with Gasteiger partial charge in [-0.15, -0.1) is 0 Å². The van der Waals surface area contributed by atoms with Crippen molar-refractivity contribution in [2.24, 2.45) is 17.8 Å². The van der Waals surface area contributed by atoms with Gasteiger partial charge < -0.3 is 19.7 Å². The van der Waals surface area contributed by atoms with E-state index in [9.17, 15) is 15.2 Å². The van der Waals surface area contributed by atoms with E-state index < -0.39 is 11.4 Å². The van der Waals surface area contributed by atoms with Gasteiger partial charge >= 0.3 is 5.97 Å². The Kier molecular flexibility index (Phi) is 5.91. The van der Waals surface area contributed by atoms with Crippen molar-refractivity contribution in [3.05, 3.63) is 23.8 Å². The van der Waals surface area contributed by atoms with Crippen molar-refractivity contribution in [1.29, 1.82) is 5.26 Å². The largest absolute Gasteiger partial charge is 0.493 e. The molecule has 0 heterocycles. The van der Waals surface area contributed by atoms with E-state index >= 15 is 0 Å². The molecular weight excluding hydrogens is 346 g/mol. The number of aliphatic hydroxyl groups is 1. The Hall–Kier alpha value is -2.26. The highest BCUT2D eigenvalue weighted by molar-refractivity contribution is 5.70. The van der Waals surface area contributed by atoms with Gasteiger partial charge in [0, 0.05) is 6.61 Å². The molecule has 1 aromatic rings. The van der Waals surface area contributed by atoms with Crippen LogP contribution in [0, 0.1) is 29.1 Å². The molecule has 27 heavy (non-hydrogen) atoms. The second-order valence-electron chi connectivity index (χ2n) is 7.77. The van der Waals surface area contributed by atoms with E-state index in [-0.39, 0.29) is 12.5 Å². The zero-order valence-electron chi connectivity index (χ0n) is 15.7. The number of aliphatic carboxylic acids is 1. The molecule has 0 saturated heterocycles. The molecule has 0 bridgehead atoms. The number of unbranched alkanes of at least 4 members (excludes halogenated alkanes) is 1. The Bertz CT molecular complexity index is 712. The minimum Gasteiger partial charge on any atom is -0.493 e. The molecule has 3 rings (SSSR count). The summed E-state index contributed by atoms with van der Waals surface area (Å²) in [5, 5.41) is 28.2. The number of nitrogens with zero attached hydrogens (tertiary/aromatic N) is 1. The molecule has 0 spiro atoms. The summed E-state index contributed by atoms with van der Waals surface area (Å²) in [6.07, 6.45) is 4.17. The molecule has 146 valence electrons. The number of benzene rings is 1. The number of ether oxygens (including phenoxy) is 2. The third-order valence-electron chi connectivity index (χ3n) is 6.15. The van der Waals surface area contributed by atoms with E-state index in [4.69, 9.17) is 14.6 Å². The summed E-state index contributed by atoms with van der Waals surface area (Å²) in [5.74, 6) is 0.847. The topological polar surface area (TPSA) is 99.8 Å². The van der Waals surface area contributed by atoms with Crippen LogP contribution in [0.25, 0.3) is 0 Å². The lowest BCUT2D eigenvalue weighted by atomic mass is 9.77. The first-order valence-corrected chi connectivity index (χ1v) is 9.59. The zero-order valence-corrected chi connectivity index (χ0v) is 15.7. The number of aliphatic hydroxyl groups excluding tert-OH is 1. The molecule has 0 amide bonds. The number of methoxy groups -OCH3 is 1. The van der Waals surface area contributed by atoms with Crippen LogP contribution in [0.5, 0.6) is 11.5 Å². The van der Waals surface area contributed by atoms with Crippen LogP contribution >= 0.6 is 0 Å². The lowest BCUT2D eigenvalue weighted by molar-refractivity contribution is -0.141. The average molecular weight is 373 g/mol. The highest BCUT2D eigenvalue weighted by Gasteiger charge is 2.52. The smallest absolute Gasteiger partial charge is 0.306 e. The first kappa shape index (κ1) is 19.5. The van der Waals surface area contributed by atoms with Crippen molar-refractivity contribution in [2.75, 3.05) is 20.3 Å². The quantitative estimate of drug-likeness (QED) is 0.679. The van der Waals surface area contributed by atoms with Gasteiger partial charge in [-0.1, -0.05) is 6.07 Å². The molecule has 2 aliphatic carbocycles. The predicted molar refractivity (Wildman–Crippen MR) is 98.7 cm³/mol. The van der Waals surface area contributed by atoms with Gasteiger partial charge in [0.05, 0.1) is 31.1 Å². The Morgan fingerprint density at radius 1 is 1.26 bits per heavy atom. The average Bonchev–Trinajstić information content (AvgIpc) is 3.22. The fourth-order valence-electron chi connectivity index (χ4n) is 4.77. The van der Waals surface area contributed by atoms with Gasteiger partial charge in [0.25, 0.3) is 0 Å². The number of carbonyl (C=O) groups is 1. The van der Waals surface area contributed by atoms with Crippen molar-refractivity contribution in [1.82, 2.24) is 0 Å². The van der Waals surface area contributed by atoms with Crippen LogP contribution < -0.4 is 9.47 Å². The van der Waals surface area contributed by atoms with Gasteiger partial charge in [-0.2, -0.15) is 5.26 Å². The molecule has 2 N–H and O–H groups in total. The molecular formula is C21H27NO5. The monoisotopic (exact) mass is 373 g/mol. The van der Waals surface area contributed by atoms with E-state index in [0.29, 0.717) is 62.0 Å². The van der Waals surface area contributed by atoms with Crippen molar-refractivity contribution in [3.63, 3.8) is 0 Å². The summed E-state index contributed by atoms with van der Waals surface area (Å²) in [5.41, 5.74) is 0.332. The molecule has 0 radical (unpaired) electrons. The number of nitriles is 1. The molecule has 2 fully saturated rings. The Balaban J connectivity index is 1.78. The van der Waals surface area contributed by atoms with E-state index in [2.05, 4.69) is 6.07 Å². The third kappa shape index (κ3) is 3.89. The van der Waals surface area contributed by atoms with Gasteiger partial charge in [0.2, 0.25) is 0 Å².